The number of hydrogen-bond donors (Lipinski definition) is 3. The zero-order chi connectivity index (χ0) is 21.5. The van der Waals surface area contributed by atoms with Gasteiger partial charge in [-0.25, -0.2) is 4.39 Å². The molecule has 32 heavy (non-hydrogen) atoms. The number of H-pyrrole nitrogens is 1. The summed E-state index contributed by atoms with van der Waals surface area (Å²) in [7, 11) is 1.71. The quantitative estimate of drug-likeness (QED) is 0.173. The first-order valence-corrected chi connectivity index (χ1v) is 10.1. The van der Waals surface area contributed by atoms with Crippen LogP contribution in [0.5, 0.6) is 11.5 Å². The fourth-order valence-electron chi connectivity index (χ4n) is 3.33. The lowest BCUT2D eigenvalue weighted by atomic mass is 10.1. The van der Waals surface area contributed by atoms with Gasteiger partial charge in [0.15, 0.2) is 17.5 Å². The molecule has 0 unspecified atom stereocenters. The van der Waals surface area contributed by atoms with Gasteiger partial charge in [0, 0.05) is 43.4 Å². The Hall–Kier alpha value is -3.14. The predicted molar refractivity (Wildman–Crippen MR) is 136 cm³/mol. The van der Waals surface area contributed by atoms with E-state index in [1.807, 2.05) is 24.4 Å². The Labute approximate surface area is 203 Å². The van der Waals surface area contributed by atoms with Gasteiger partial charge in [0.05, 0.1) is 6.20 Å². The van der Waals surface area contributed by atoms with Gasteiger partial charge in [0.2, 0.25) is 0 Å². The van der Waals surface area contributed by atoms with E-state index < -0.39 is 5.82 Å². The topological polar surface area (TPSA) is 74.3 Å². The molecule has 4 aromatic rings. The summed E-state index contributed by atoms with van der Waals surface area (Å²) in [6.45, 7) is 1.17. The Morgan fingerprint density at radius 1 is 1.12 bits per heavy atom. The molecule has 4 rings (SSSR count). The van der Waals surface area contributed by atoms with Crippen molar-refractivity contribution in [2.75, 3.05) is 13.6 Å². The molecule has 0 amide bonds. The highest BCUT2D eigenvalue weighted by molar-refractivity contribution is 14.0. The van der Waals surface area contributed by atoms with Crippen molar-refractivity contribution in [3.63, 3.8) is 0 Å². The summed E-state index contributed by atoms with van der Waals surface area (Å²) in [4.78, 5) is 11.5. The smallest absolute Gasteiger partial charge is 0.191 e. The number of aromatic amines is 1. The normalized spacial score (nSPS) is 11.1. The van der Waals surface area contributed by atoms with E-state index >= 15 is 0 Å². The second-order valence-corrected chi connectivity index (χ2v) is 7.02. The number of rotatable bonds is 7. The maximum absolute atomic E-state index is 14.4. The van der Waals surface area contributed by atoms with Crippen LogP contribution in [0.4, 0.5) is 4.39 Å². The predicted octanol–water partition coefficient (Wildman–Crippen LogP) is 5.02. The third-order valence-electron chi connectivity index (χ3n) is 4.90. The van der Waals surface area contributed by atoms with Crippen LogP contribution in [-0.2, 0) is 13.0 Å². The third kappa shape index (κ3) is 5.97. The van der Waals surface area contributed by atoms with Crippen LogP contribution in [0.2, 0.25) is 0 Å². The molecule has 0 spiro atoms. The second kappa shape index (κ2) is 11.5. The van der Waals surface area contributed by atoms with E-state index in [0.29, 0.717) is 18.3 Å². The fourth-order valence-corrected chi connectivity index (χ4v) is 3.33. The van der Waals surface area contributed by atoms with Gasteiger partial charge in [-0.15, -0.1) is 24.0 Å². The molecule has 8 heteroatoms. The molecule has 2 heterocycles. The van der Waals surface area contributed by atoms with Crippen LogP contribution in [-0.4, -0.2) is 29.5 Å². The lowest BCUT2D eigenvalue weighted by molar-refractivity contribution is 0.440. The molecule has 0 fully saturated rings. The Morgan fingerprint density at radius 3 is 2.78 bits per heavy atom. The summed E-state index contributed by atoms with van der Waals surface area (Å²) < 4.78 is 19.9. The molecule has 0 saturated carbocycles. The van der Waals surface area contributed by atoms with Crippen molar-refractivity contribution in [3.05, 3.63) is 90.1 Å². The third-order valence-corrected chi connectivity index (χ3v) is 4.90. The Bertz CT molecular complexity index is 1180. The first-order valence-electron chi connectivity index (χ1n) is 10.1. The number of hydrogen-bond acceptors (Lipinski definition) is 3. The molecular weight excluding hydrogens is 520 g/mol. The summed E-state index contributed by atoms with van der Waals surface area (Å²) in [5.74, 6) is 0.895. The first-order chi connectivity index (χ1) is 15.2. The molecule has 3 N–H and O–H groups in total. The largest absolute Gasteiger partial charge is 0.453 e. The lowest BCUT2D eigenvalue weighted by Gasteiger charge is -2.13. The second-order valence-electron chi connectivity index (χ2n) is 7.02. The van der Waals surface area contributed by atoms with Gasteiger partial charge < -0.3 is 20.4 Å². The van der Waals surface area contributed by atoms with E-state index in [0.717, 1.165) is 24.0 Å². The minimum atomic E-state index is -0.426. The molecule has 2 aromatic heterocycles. The summed E-state index contributed by atoms with van der Waals surface area (Å²) >= 11 is 0. The summed E-state index contributed by atoms with van der Waals surface area (Å²) in [6.07, 6.45) is 6.08. The van der Waals surface area contributed by atoms with E-state index in [1.165, 1.54) is 17.0 Å². The number of ether oxygens (including phenoxy) is 1. The van der Waals surface area contributed by atoms with Crippen LogP contribution in [0.15, 0.2) is 78.2 Å². The summed E-state index contributed by atoms with van der Waals surface area (Å²) in [6, 6.07) is 16.6. The highest BCUT2D eigenvalue weighted by Crippen LogP contribution is 2.24. The van der Waals surface area contributed by atoms with Crippen LogP contribution in [0.1, 0.15) is 11.1 Å². The Kier molecular flexibility index (Phi) is 8.43. The van der Waals surface area contributed by atoms with Crippen molar-refractivity contribution in [3.8, 4) is 11.5 Å². The van der Waals surface area contributed by atoms with Gasteiger partial charge in [0.25, 0.3) is 0 Å². The summed E-state index contributed by atoms with van der Waals surface area (Å²) in [5, 5.41) is 7.75. The number of aromatic nitrogens is 2. The van der Waals surface area contributed by atoms with Crippen LogP contribution in [0, 0.1) is 5.82 Å². The molecule has 0 aliphatic carbocycles. The highest BCUT2D eigenvalue weighted by Gasteiger charge is 2.08. The number of nitrogens with one attached hydrogen (secondary N) is 3. The summed E-state index contributed by atoms with van der Waals surface area (Å²) in [5.41, 5.74) is 3.18. The molecule has 0 saturated heterocycles. The van der Waals surface area contributed by atoms with Gasteiger partial charge in [-0.05, 0) is 47.9 Å². The minimum absolute atomic E-state index is 0. The van der Waals surface area contributed by atoms with E-state index in [9.17, 15) is 4.39 Å². The number of nitrogens with zero attached hydrogens (tertiary/aromatic N) is 2. The van der Waals surface area contributed by atoms with Gasteiger partial charge in [-0.3, -0.25) is 9.98 Å². The zero-order valence-electron chi connectivity index (χ0n) is 17.6. The van der Waals surface area contributed by atoms with E-state index in [4.69, 9.17) is 4.74 Å². The number of aliphatic imine (C=N–C) groups is 1. The fraction of sp³-hybridized carbons (Fsp3) is 0.167. The molecule has 0 aliphatic heterocycles. The number of para-hydroxylation sites is 1. The number of halogens is 2. The monoisotopic (exact) mass is 545 g/mol. The maximum Gasteiger partial charge on any atom is 0.191 e. The van der Waals surface area contributed by atoms with Crippen molar-refractivity contribution in [1.29, 1.82) is 0 Å². The zero-order valence-corrected chi connectivity index (χ0v) is 20.0. The first kappa shape index (κ1) is 23.5. The van der Waals surface area contributed by atoms with Gasteiger partial charge in [0.1, 0.15) is 5.75 Å². The number of fused-ring (bicyclic) bond motifs is 1. The Morgan fingerprint density at radius 2 is 2.00 bits per heavy atom. The van der Waals surface area contributed by atoms with Gasteiger partial charge in [-0.1, -0.05) is 24.3 Å². The average molecular weight is 545 g/mol. The molecule has 2 aromatic carbocycles. The molecule has 0 radical (unpaired) electrons. The van der Waals surface area contributed by atoms with E-state index in [2.05, 4.69) is 37.7 Å². The van der Waals surface area contributed by atoms with Crippen LogP contribution < -0.4 is 15.4 Å². The van der Waals surface area contributed by atoms with Crippen molar-refractivity contribution < 1.29 is 9.13 Å². The lowest BCUT2D eigenvalue weighted by Crippen LogP contribution is -2.37. The van der Waals surface area contributed by atoms with Crippen molar-refractivity contribution in [1.82, 2.24) is 20.6 Å². The number of pyridine rings is 1. The molecule has 0 atom stereocenters. The van der Waals surface area contributed by atoms with Gasteiger partial charge in [-0.2, -0.15) is 0 Å². The van der Waals surface area contributed by atoms with Crippen LogP contribution in [0.25, 0.3) is 10.9 Å². The molecule has 166 valence electrons. The van der Waals surface area contributed by atoms with Crippen molar-refractivity contribution >= 4 is 40.8 Å². The SMILES string of the molecule is CN=C(NCCc1c[nH]c2ccccc12)NCc1ccc(Oc2cccnc2)c(F)c1.I. The highest BCUT2D eigenvalue weighted by atomic mass is 127. The van der Waals surface area contributed by atoms with E-state index in [1.54, 1.807) is 37.6 Å². The van der Waals surface area contributed by atoms with Crippen LogP contribution >= 0.6 is 24.0 Å². The average Bonchev–Trinajstić information content (AvgIpc) is 3.21. The van der Waals surface area contributed by atoms with Crippen molar-refractivity contribution in [2.24, 2.45) is 4.99 Å². The number of benzene rings is 2. The number of guanidine groups is 1. The standard InChI is InChI=1S/C24H24FN5O.HI/c1-26-24(28-12-10-18-15-29-22-7-3-2-6-20(18)22)30-14-17-8-9-23(21(25)13-17)31-19-5-4-11-27-16-19;/h2-9,11,13,15-16,29H,10,12,14H2,1H3,(H2,26,28,30);1H. The molecular formula is C24H25FIN5O. The van der Waals surface area contributed by atoms with Gasteiger partial charge >= 0.3 is 0 Å². The Balaban J connectivity index is 0.00000289. The van der Waals surface area contributed by atoms with Crippen molar-refractivity contribution in [2.45, 2.75) is 13.0 Å². The maximum atomic E-state index is 14.4. The molecule has 0 bridgehead atoms. The minimum Gasteiger partial charge on any atom is -0.453 e. The molecule has 0 aliphatic rings. The van der Waals surface area contributed by atoms with Crippen LogP contribution in [0.3, 0.4) is 0 Å². The van der Waals surface area contributed by atoms with E-state index in [-0.39, 0.29) is 29.7 Å². The molecule has 6 nitrogen and oxygen atoms in total.